The third kappa shape index (κ3) is 5.18. The van der Waals surface area contributed by atoms with E-state index in [0.29, 0.717) is 16.8 Å². The summed E-state index contributed by atoms with van der Waals surface area (Å²) in [6.07, 6.45) is -1.42. The van der Waals surface area contributed by atoms with Gasteiger partial charge in [-0.15, -0.1) is 0 Å². The van der Waals surface area contributed by atoms with Gasteiger partial charge in [0.25, 0.3) is 5.91 Å². The number of carboxylic acid groups (broad SMARTS) is 1. The Labute approximate surface area is 187 Å². The molecule has 0 aliphatic rings. The number of ether oxygens (including phenoxy) is 1. The molecule has 3 rings (SSSR count). The molecule has 1 atom stereocenters. The van der Waals surface area contributed by atoms with Crippen LogP contribution in [0, 0.1) is 25.5 Å². The Bertz CT molecular complexity index is 1190. The van der Waals surface area contributed by atoms with E-state index in [4.69, 9.17) is 9.84 Å². The standard InChI is InChI=1S/C22H23F3N4O4/c1-12-7-17-19(20(30)26-11-22(3,10-23)27-21(31)32)13(2)28-29(17)18(8-12)33-9-14-15(24)5-4-6-16(14)25/h4-8,27H,9-11H2,1-3H3,(H,26,30)(H,31,32). The summed E-state index contributed by atoms with van der Waals surface area (Å²) in [5.74, 6) is -1.93. The molecule has 1 unspecified atom stereocenters. The minimum atomic E-state index is -1.51. The molecule has 0 radical (unpaired) electrons. The number of nitrogens with one attached hydrogen (secondary N) is 2. The minimum Gasteiger partial charge on any atom is -0.473 e. The summed E-state index contributed by atoms with van der Waals surface area (Å²) >= 11 is 0. The predicted octanol–water partition coefficient (Wildman–Crippen LogP) is 3.53. The number of alkyl halides is 1. The average molecular weight is 464 g/mol. The van der Waals surface area contributed by atoms with Crippen molar-refractivity contribution in [1.29, 1.82) is 0 Å². The molecule has 2 amide bonds. The highest BCUT2D eigenvalue weighted by Crippen LogP contribution is 2.25. The van der Waals surface area contributed by atoms with Crippen LogP contribution in [0.2, 0.25) is 0 Å². The average Bonchev–Trinajstić information content (AvgIpc) is 3.07. The van der Waals surface area contributed by atoms with Crippen molar-refractivity contribution in [3.05, 3.63) is 64.4 Å². The fourth-order valence-electron chi connectivity index (χ4n) is 3.31. The summed E-state index contributed by atoms with van der Waals surface area (Å²) in [7, 11) is 0. The van der Waals surface area contributed by atoms with Crippen molar-refractivity contribution in [2.45, 2.75) is 32.9 Å². The van der Waals surface area contributed by atoms with Crippen molar-refractivity contribution in [1.82, 2.24) is 20.2 Å². The van der Waals surface area contributed by atoms with Gasteiger partial charge in [0, 0.05) is 12.6 Å². The maximum atomic E-state index is 13.9. The fraction of sp³-hybridized carbons (Fsp3) is 0.318. The first kappa shape index (κ1) is 23.9. The summed E-state index contributed by atoms with van der Waals surface area (Å²) in [5.41, 5.74) is -0.189. The Kier molecular flexibility index (Phi) is 6.80. The number of hydrogen-bond acceptors (Lipinski definition) is 4. The van der Waals surface area contributed by atoms with Gasteiger partial charge >= 0.3 is 6.09 Å². The topological polar surface area (TPSA) is 105 Å². The maximum absolute atomic E-state index is 13.9. The molecule has 0 aliphatic heterocycles. The van der Waals surface area contributed by atoms with Gasteiger partial charge in [-0.25, -0.2) is 18.0 Å². The molecule has 11 heteroatoms. The number of carbonyl (C=O) groups is 2. The number of carbonyl (C=O) groups excluding carboxylic acids is 1. The van der Waals surface area contributed by atoms with Gasteiger partial charge in [0.15, 0.2) is 0 Å². The van der Waals surface area contributed by atoms with Crippen LogP contribution in [0.5, 0.6) is 5.88 Å². The fourth-order valence-corrected chi connectivity index (χ4v) is 3.31. The van der Waals surface area contributed by atoms with Gasteiger partial charge in [0.05, 0.1) is 27.9 Å². The predicted molar refractivity (Wildman–Crippen MR) is 113 cm³/mol. The largest absolute Gasteiger partial charge is 0.473 e. The second-order valence-electron chi connectivity index (χ2n) is 7.92. The van der Waals surface area contributed by atoms with Crippen LogP contribution in [0.3, 0.4) is 0 Å². The number of hydrogen-bond donors (Lipinski definition) is 3. The monoisotopic (exact) mass is 464 g/mol. The molecule has 0 spiro atoms. The van der Waals surface area contributed by atoms with Crippen molar-refractivity contribution in [2.24, 2.45) is 0 Å². The van der Waals surface area contributed by atoms with Gasteiger partial charge < -0.3 is 20.5 Å². The lowest BCUT2D eigenvalue weighted by Crippen LogP contribution is -2.54. The molecule has 0 fully saturated rings. The van der Waals surface area contributed by atoms with Crippen LogP contribution in [-0.2, 0) is 6.61 Å². The number of benzene rings is 1. The van der Waals surface area contributed by atoms with Crippen LogP contribution in [0.4, 0.5) is 18.0 Å². The highest BCUT2D eigenvalue weighted by Gasteiger charge is 2.28. The van der Waals surface area contributed by atoms with Crippen LogP contribution in [0.25, 0.3) is 5.52 Å². The van der Waals surface area contributed by atoms with Crippen molar-refractivity contribution in [2.75, 3.05) is 13.2 Å². The number of aryl methyl sites for hydroxylation is 2. The van der Waals surface area contributed by atoms with Gasteiger partial charge in [-0.2, -0.15) is 9.61 Å². The maximum Gasteiger partial charge on any atom is 0.405 e. The van der Waals surface area contributed by atoms with Gasteiger partial charge in [-0.3, -0.25) is 4.79 Å². The second kappa shape index (κ2) is 9.39. The van der Waals surface area contributed by atoms with E-state index >= 15 is 0 Å². The highest BCUT2D eigenvalue weighted by molar-refractivity contribution is 6.02. The molecule has 0 saturated carbocycles. The molecule has 0 bridgehead atoms. The number of aromatic nitrogens is 2. The second-order valence-corrected chi connectivity index (χ2v) is 7.92. The van der Waals surface area contributed by atoms with Gasteiger partial charge in [0.2, 0.25) is 5.88 Å². The molecule has 0 aliphatic carbocycles. The Morgan fingerprint density at radius 1 is 1.21 bits per heavy atom. The molecule has 2 heterocycles. The molecule has 2 aromatic heterocycles. The Hall–Kier alpha value is -3.76. The smallest absolute Gasteiger partial charge is 0.405 e. The summed E-state index contributed by atoms with van der Waals surface area (Å²) in [6.45, 7) is 2.93. The lowest BCUT2D eigenvalue weighted by molar-refractivity contribution is 0.0934. The first-order valence-electron chi connectivity index (χ1n) is 9.95. The van der Waals surface area contributed by atoms with E-state index in [2.05, 4.69) is 10.4 Å². The number of nitrogens with zero attached hydrogens (tertiary/aromatic N) is 2. The normalized spacial score (nSPS) is 12.9. The molecule has 176 valence electrons. The number of rotatable bonds is 8. The van der Waals surface area contributed by atoms with E-state index in [1.165, 1.54) is 17.5 Å². The Morgan fingerprint density at radius 3 is 2.48 bits per heavy atom. The molecule has 3 N–H and O–H groups in total. The van der Waals surface area contributed by atoms with Crippen molar-refractivity contribution >= 4 is 17.5 Å². The SMILES string of the molecule is Cc1cc(OCc2c(F)cccc2F)n2nc(C)c(C(=O)NCC(C)(CF)NC(=O)O)c2c1. The van der Waals surface area contributed by atoms with Crippen molar-refractivity contribution in [3.8, 4) is 5.88 Å². The number of halogens is 3. The van der Waals surface area contributed by atoms with Crippen LogP contribution in [-0.4, -0.2) is 45.5 Å². The van der Waals surface area contributed by atoms with E-state index < -0.39 is 42.5 Å². The van der Waals surface area contributed by atoms with E-state index in [9.17, 15) is 22.8 Å². The van der Waals surface area contributed by atoms with Crippen LogP contribution < -0.4 is 15.4 Å². The Morgan fingerprint density at radius 2 is 1.88 bits per heavy atom. The zero-order valence-electron chi connectivity index (χ0n) is 18.2. The quantitative estimate of drug-likeness (QED) is 0.473. The van der Waals surface area contributed by atoms with Crippen LogP contribution >= 0.6 is 0 Å². The third-order valence-corrected chi connectivity index (χ3v) is 5.02. The summed E-state index contributed by atoms with van der Waals surface area (Å²) in [4.78, 5) is 23.8. The number of amides is 2. The third-order valence-electron chi connectivity index (χ3n) is 5.02. The molecule has 8 nitrogen and oxygen atoms in total. The van der Waals surface area contributed by atoms with Crippen LogP contribution in [0.15, 0.2) is 30.3 Å². The number of pyridine rings is 1. The van der Waals surface area contributed by atoms with Gasteiger partial charge in [0.1, 0.15) is 24.9 Å². The lowest BCUT2D eigenvalue weighted by Gasteiger charge is -2.26. The molecule has 1 aromatic carbocycles. The van der Waals surface area contributed by atoms with E-state index in [1.54, 1.807) is 26.0 Å². The summed E-state index contributed by atoms with van der Waals surface area (Å²) in [6, 6.07) is 6.78. The molecular weight excluding hydrogens is 441 g/mol. The number of fused-ring (bicyclic) bond motifs is 1. The van der Waals surface area contributed by atoms with E-state index in [1.807, 2.05) is 5.32 Å². The Balaban J connectivity index is 1.89. The highest BCUT2D eigenvalue weighted by atomic mass is 19.1. The molecule has 0 saturated heterocycles. The van der Waals surface area contributed by atoms with Crippen LogP contribution in [0.1, 0.15) is 34.1 Å². The summed E-state index contributed by atoms with van der Waals surface area (Å²) < 4.78 is 48.2. The summed E-state index contributed by atoms with van der Waals surface area (Å²) in [5, 5.41) is 17.8. The van der Waals surface area contributed by atoms with Gasteiger partial charge in [-0.05, 0) is 44.5 Å². The van der Waals surface area contributed by atoms with E-state index in [-0.39, 0.29) is 23.6 Å². The molecular formula is C22H23F3N4O4. The molecule has 33 heavy (non-hydrogen) atoms. The van der Waals surface area contributed by atoms with E-state index in [0.717, 1.165) is 12.1 Å². The zero-order chi connectivity index (χ0) is 24.3. The van der Waals surface area contributed by atoms with Gasteiger partial charge in [-0.1, -0.05) is 6.07 Å². The minimum absolute atomic E-state index is 0.163. The zero-order valence-corrected chi connectivity index (χ0v) is 18.2. The first-order valence-corrected chi connectivity index (χ1v) is 9.95. The van der Waals surface area contributed by atoms with Crippen molar-refractivity contribution in [3.63, 3.8) is 0 Å². The van der Waals surface area contributed by atoms with Crippen molar-refractivity contribution < 1.29 is 32.6 Å². The lowest BCUT2D eigenvalue weighted by atomic mass is 10.0. The molecule has 3 aromatic rings. The first-order chi connectivity index (χ1) is 15.5.